The first kappa shape index (κ1) is 24.2. The molecule has 1 amide bonds. The van der Waals surface area contributed by atoms with Gasteiger partial charge in [0.2, 0.25) is 0 Å². The van der Waals surface area contributed by atoms with E-state index in [1.54, 1.807) is 7.05 Å². The van der Waals surface area contributed by atoms with Crippen LogP contribution in [0.2, 0.25) is 0 Å². The number of aliphatic imine (C=N–C) groups is 1. The van der Waals surface area contributed by atoms with Crippen molar-refractivity contribution in [1.29, 1.82) is 0 Å². The lowest BCUT2D eigenvalue weighted by Crippen LogP contribution is -2.38. The lowest BCUT2D eigenvalue weighted by Gasteiger charge is -2.19. The molecule has 0 saturated heterocycles. The molecule has 31 heavy (non-hydrogen) atoms. The summed E-state index contributed by atoms with van der Waals surface area (Å²) in [6, 6.07) is 7.77. The van der Waals surface area contributed by atoms with E-state index in [2.05, 4.69) is 30.5 Å². The van der Waals surface area contributed by atoms with Gasteiger partial charge in [-0.05, 0) is 64.7 Å². The number of nitrogens with one attached hydrogen (secondary N) is 3. The number of hydrogen-bond acceptors (Lipinski definition) is 4. The summed E-state index contributed by atoms with van der Waals surface area (Å²) >= 11 is 0. The van der Waals surface area contributed by atoms with Crippen molar-refractivity contribution in [2.45, 2.75) is 59.1 Å². The minimum atomic E-state index is -0.513. The minimum absolute atomic E-state index is 0.447. The van der Waals surface area contributed by atoms with Gasteiger partial charge in [0, 0.05) is 44.8 Å². The molecule has 0 spiro atoms. The Hall–Kier alpha value is -3.03. The number of nitrogens with zero attached hydrogens (tertiary/aromatic N) is 3. The quantitative estimate of drug-likeness (QED) is 0.322. The molecule has 0 aliphatic rings. The zero-order chi connectivity index (χ0) is 22.7. The van der Waals surface area contributed by atoms with Gasteiger partial charge in [0.25, 0.3) is 0 Å². The van der Waals surface area contributed by atoms with Crippen molar-refractivity contribution in [3.05, 3.63) is 48.0 Å². The molecule has 0 atom stereocenters. The summed E-state index contributed by atoms with van der Waals surface area (Å²) in [5.41, 5.74) is 1.38. The number of unbranched alkanes of at least 4 members (excludes halogenated alkanes) is 1. The number of anilines is 1. The highest BCUT2D eigenvalue weighted by Gasteiger charge is 2.16. The number of amides is 1. The third-order valence-electron chi connectivity index (χ3n) is 4.57. The smallest absolute Gasteiger partial charge is 0.412 e. The van der Waals surface area contributed by atoms with Gasteiger partial charge in [-0.1, -0.05) is 12.1 Å². The number of carbonyl (C=O) groups is 1. The molecule has 0 fully saturated rings. The highest BCUT2D eigenvalue weighted by atomic mass is 16.6. The van der Waals surface area contributed by atoms with Crippen LogP contribution >= 0.6 is 0 Å². The number of benzene rings is 1. The maximum Gasteiger partial charge on any atom is 0.412 e. The van der Waals surface area contributed by atoms with Crippen molar-refractivity contribution < 1.29 is 9.53 Å². The van der Waals surface area contributed by atoms with Crippen LogP contribution in [-0.4, -0.2) is 47.3 Å². The van der Waals surface area contributed by atoms with Crippen molar-refractivity contribution in [2.75, 3.05) is 25.5 Å². The van der Waals surface area contributed by atoms with Crippen molar-refractivity contribution in [1.82, 2.24) is 20.2 Å². The molecule has 1 aromatic carbocycles. The van der Waals surface area contributed by atoms with Crippen LogP contribution in [0, 0.1) is 6.92 Å². The normalized spacial score (nSPS) is 11.8. The first-order valence-electron chi connectivity index (χ1n) is 10.8. The van der Waals surface area contributed by atoms with Crippen LogP contribution in [0.4, 0.5) is 10.5 Å². The number of hydrogen-bond donors (Lipinski definition) is 3. The highest BCUT2D eigenvalue weighted by molar-refractivity contribution is 5.84. The second kappa shape index (κ2) is 12.0. The van der Waals surface area contributed by atoms with Gasteiger partial charge in [0.1, 0.15) is 11.4 Å². The van der Waals surface area contributed by atoms with Crippen LogP contribution in [0.15, 0.2) is 41.7 Å². The average Bonchev–Trinajstić information content (AvgIpc) is 3.11. The lowest BCUT2D eigenvalue weighted by atomic mass is 10.1. The Morgan fingerprint density at radius 3 is 2.45 bits per heavy atom. The number of ether oxygens (including phenoxy) is 1. The van der Waals surface area contributed by atoms with E-state index >= 15 is 0 Å². The van der Waals surface area contributed by atoms with Crippen molar-refractivity contribution in [3.63, 3.8) is 0 Å². The van der Waals surface area contributed by atoms with Crippen molar-refractivity contribution >= 4 is 17.7 Å². The van der Waals surface area contributed by atoms with Gasteiger partial charge in [0.15, 0.2) is 5.96 Å². The molecule has 0 radical (unpaired) electrons. The predicted molar refractivity (Wildman–Crippen MR) is 126 cm³/mol. The summed E-state index contributed by atoms with van der Waals surface area (Å²) in [4.78, 5) is 20.3. The Balaban J connectivity index is 1.63. The number of aryl methyl sites for hydroxylation is 2. The summed E-state index contributed by atoms with van der Waals surface area (Å²) in [6.45, 7) is 10.2. The molecule has 2 rings (SSSR count). The van der Waals surface area contributed by atoms with Gasteiger partial charge < -0.3 is 19.9 Å². The fourth-order valence-corrected chi connectivity index (χ4v) is 2.98. The molecule has 8 heteroatoms. The molecule has 8 nitrogen and oxygen atoms in total. The van der Waals surface area contributed by atoms with Crippen LogP contribution < -0.4 is 16.0 Å². The molecular weight excluding hydrogens is 392 g/mol. The van der Waals surface area contributed by atoms with E-state index in [-0.39, 0.29) is 0 Å². The topological polar surface area (TPSA) is 92.6 Å². The third kappa shape index (κ3) is 9.55. The average molecular weight is 429 g/mol. The van der Waals surface area contributed by atoms with E-state index in [1.807, 2.05) is 64.4 Å². The van der Waals surface area contributed by atoms with Gasteiger partial charge in [-0.15, -0.1) is 0 Å². The van der Waals surface area contributed by atoms with Gasteiger partial charge in [0.05, 0.1) is 0 Å². The first-order chi connectivity index (χ1) is 14.8. The van der Waals surface area contributed by atoms with E-state index in [0.29, 0.717) is 5.69 Å². The molecule has 2 aromatic rings. The number of aromatic nitrogens is 2. The fraction of sp³-hybridized carbons (Fsp3) is 0.522. The van der Waals surface area contributed by atoms with Crippen molar-refractivity contribution in [2.24, 2.45) is 4.99 Å². The van der Waals surface area contributed by atoms with Crippen LogP contribution in [-0.2, 0) is 17.7 Å². The number of carbonyl (C=O) groups excluding carboxylic acids is 1. The molecule has 0 saturated carbocycles. The van der Waals surface area contributed by atoms with Crippen LogP contribution in [0.3, 0.4) is 0 Å². The molecule has 1 heterocycles. The second-order valence-electron chi connectivity index (χ2n) is 8.37. The minimum Gasteiger partial charge on any atom is -0.444 e. The van der Waals surface area contributed by atoms with E-state index in [4.69, 9.17) is 4.74 Å². The Bertz CT molecular complexity index is 836. The molecule has 1 aromatic heterocycles. The summed E-state index contributed by atoms with van der Waals surface area (Å²) in [5.74, 6) is 1.86. The monoisotopic (exact) mass is 428 g/mol. The fourth-order valence-electron chi connectivity index (χ4n) is 2.98. The summed E-state index contributed by atoms with van der Waals surface area (Å²) in [7, 11) is 1.78. The highest BCUT2D eigenvalue weighted by Crippen LogP contribution is 2.13. The molecule has 170 valence electrons. The van der Waals surface area contributed by atoms with Gasteiger partial charge in [-0.25, -0.2) is 9.78 Å². The van der Waals surface area contributed by atoms with Gasteiger partial charge >= 0.3 is 6.09 Å². The van der Waals surface area contributed by atoms with E-state index in [9.17, 15) is 4.79 Å². The number of guanidine groups is 1. The second-order valence-corrected chi connectivity index (χ2v) is 8.37. The molecule has 0 unspecified atom stereocenters. The van der Waals surface area contributed by atoms with E-state index in [0.717, 1.165) is 50.7 Å². The van der Waals surface area contributed by atoms with Crippen LogP contribution in [0.5, 0.6) is 0 Å². The molecule has 0 bridgehead atoms. The standard InChI is InChI=1S/C23H36N6O2/c1-18-25-15-17-29(18)16-7-6-13-26-21(24-5)27-14-12-19-8-10-20(11-9-19)28-22(30)31-23(2,3)4/h8-11,15,17H,6-7,12-14,16H2,1-5H3,(H,28,30)(H2,24,26,27). The Kier molecular flexibility index (Phi) is 9.37. The molecule has 0 aliphatic carbocycles. The van der Waals surface area contributed by atoms with E-state index in [1.165, 1.54) is 5.56 Å². The molecule has 3 N–H and O–H groups in total. The predicted octanol–water partition coefficient (Wildman–Crippen LogP) is 3.73. The first-order valence-corrected chi connectivity index (χ1v) is 10.8. The Labute approximate surface area is 185 Å². The maximum atomic E-state index is 11.8. The Morgan fingerprint density at radius 1 is 1.13 bits per heavy atom. The number of imidazole rings is 1. The Morgan fingerprint density at radius 2 is 1.84 bits per heavy atom. The van der Waals surface area contributed by atoms with Gasteiger partial charge in [-0.3, -0.25) is 10.3 Å². The maximum absolute atomic E-state index is 11.8. The van der Waals surface area contributed by atoms with Crippen LogP contribution in [0.1, 0.15) is 45.0 Å². The zero-order valence-electron chi connectivity index (χ0n) is 19.4. The van der Waals surface area contributed by atoms with Gasteiger partial charge in [-0.2, -0.15) is 0 Å². The third-order valence-corrected chi connectivity index (χ3v) is 4.57. The molecule has 0 aliphatic heterocycles. The van der Waals surface area contributed by atoms with Crippen LogP contribution in [0.25, 0.3) is 0 Å². The summed E-state index contributed by atoms with van der Waals surface area (Å²) in [6.07, 6.45) is 6.41. The largest absolute Gasteiger partial charge is 0.444 e. The van der Waals surface area contributed by atoms with E-state index < -0.39 is 11.7 Å². The molecular formula is C23H36N6O2. The zero-order valence-corrected chi connectivity index (χ0v) is 19.4. The lowest BCUT2D eigenvalue weighted by molar-refractivity contribution is 0.0636. The SMILES string of the molecule is CN=C(NCCCCn1ccnc1C)NCCc1ccc(NC(=O)OC(C)(C)C)cc1. The number of rotatable bonds is 9. The summed E-state index contributed by atoms with van der Waals surface area (Å²) in [5, 5.41) is 9.43. The van der Waals surface area contributed by atoms with Crippen molar-refractivity contribution in [3.8, 4) is 0 Å². The summed E-state index contributed by atoms with van der Waals surface area (Å²) < 4.78 is 7.43.